The van der Waals surface area contributed by atoms with Gasteiger partial charge in [-0.3, -0.25) is 4.90 Å². The maximum atomic E-state index is 5.59. The molecule has 4 rings (SSSR count). The van der Waals surface area contributed by atoms with Crippen molar-refractivity contribution in [3.8, 4) is 11.6 Å². The molecule has 152 valence electrons. The summed E-state index contributed by atoms with van der Waals surface area (Å²) in [5, 5.41) is 1.08. The fourth-order valence-electron chi connectivity index (χ4n) is 3.70. The van der Waals surface area contributed by atoms with Crippen LogP contribution in [-0.4, -0.2) is 40.6 Å². The van der Waals surface area contributed by atoms with Crippen molar-refractivity contribution >= 4 is 10.9 Å². The Morgan fingerprint density at radius 2 is 1.90 bits per heavy atom. The molecule has 0 N–H and O–H groups in total. The minimum Gasteiger partial charge on any atom is -0.497 e. The molecule has 0 saturated carbocycles. The second-order valence-electron chi connectivity index (χ2n) is 8.59. The number of ether oxygens (including phenoxy) is 2. The van der Waals surface area contributed by atoms with E-state index in [0.29, 0.717) is 5.88 Å². The molecule has 1 aliphatic heterocycles. The molecule has 0 fully saturated rings. The van der Waals surface area contributed by atoms with Crippen LogP contribution in [0.5, 0.6) is 11.6 Å². The van der Waals surface area contributed by atoms with Gasteiger partial charge in [0.2, 0.25) is 5.88 Å². The zero-order valence-electron chi connectivity index (χ0n) is 17.8. The first kappa shape index (κ1) is 19.6. The molecule has 6 heteroatoms. The number of benzene rings is 1. The van der Waals surface area contributed by atoms with E-state index in [1.54, 1.807) is 14.2 Å². The van der Waals surface area contributed by atoms with Crippen LogP contribution in [0.1, 0.15) is 43.4 Å². The Labute approximate surface area is 171 Å². The van der Waals surface area contributed by atoms with Gasteiger partial charge in [0.05, 0.1) is 19.7 Å². The van der Waals surface area contributed by atoms with Gasteiger partial charge in [0, 0.05) is 65.9 Å². The largest absolute Gasteiger partial charge is 0.497 e. The molecular formula is C23H28N4O2. The molecule has 0 aliphatic carbocycles. The highest BCUT2D eigenvalue weighted by atomic mass is 16.5. The molecular weight excluding hydrogens is 364 g/mol. The van der Waals surface area contributed by atoms with Gasteiger partial charge < -0.3 is 9.47 Å². The molecule has 0 spiro atoms. The lowest BCUT2D eigenvalue weighted by Crippen LogP contribution is -2.32. The van der Waals surface area contributed by atoms with Crippen LogP contribution in [0.15, 0.2) is 30.5 Å². The van der Waals surface area contributed by atoms with Crippen molar-refractivity contribution < 1.29 is 9.47 Å². The third kappa shape index (κ3) is 4.03. The van der Waals surface area contributed by atoms with Crippen molar-refractivity contribution in [1.82, 2.24) is 19.9 Å². The molecule has 3 aromatic rings. The molecule has 1 aromatic carbocycles. The number of aromatic nitrogens is 3. The Hall–Kier alpha value is -2.73. The summed E-state index contributed by atoms with van der Waals surface area (Å²) in [5.74, 6) is 2.37. The molecule has 0 unspecified atom stereocenters. The highest BCUT2D eigenvalue weighted by Crippen LogP contribution is 2.28. The molecule has 0 saturated heterocycles. The van der Waals surface area contributed by atoms with E-state index in [9.17, 15) is 0 Å². The van der Waals surface area contributed by atoms with Crippen molar-refractivity contribution in [2.75, 3.05) is 20.8 Å². The molecule has 0 bridgehead atoms. The minimum absolute atomic E-state index is 0.0288. The Kier molecular flexibility index (Phi) is 5.13. The van der Waals surface area contributed by atoms with Crippen LogP contribution in [0.3, 0.4) is 0 Å². The van der Waals surface area contributed by atoms with Crippen molar-refractivity contribution in [3.05, 3.63) is 53.1 Å². The molecule has 0 atom stereocenters. The smallest absolute Gasteiger partial charge is 0.218 e. The third-order valence-electron chi connectivity index (χ3n) is 5.34. The zero-order chi connectivity index (χ0) is 20.6. The van der Waals surface area contributed by atoms with Gasteiger partial charge in [-0.15, -0.1) is 0 Å². The highest BCUT2D eigenvalue weighted by Gasteiger charge is 2.23. The van der Waals surface area contributed by atoms with Gasteiger partial charge in [0.15, 0.2) is 0 Å². The normalized spacial score (nSPS) is 14.7. The number of methoxy groups -OCH3 is 2. The second kappa shape index (κ2) is 7.59. The fraction of sp³-hybridized carbons (Fsp3) is 0.435. The minimum atomic E-state index is -0.0288. The summed E-state index contributed by atoms with van der Waals surface area (Å²) in [6.45, 7) is 9.02. The van der Waals surface area contributed by atoms with E-state index >= 15 is 0 Å². The average Bonchev–Trinajstić information content (AvgIpc) is 2.71. The van der Waals surface area contributed by atoms with Gasteiger partial charge in [-0.25, -0.2) is 15.0 Å². The van der Waals surface area contributed by atoms with Crippen molar-refractivity contribution in [3.63, 3.8) is 0 Å². The highest BCUT2D eigenvalue weighted by molar-refractivity contribution is 5.81. The summed E-state index contributed by atoms with van der Waals surface area (Å²) < 4.78 is 10.9. The molecule has 2 aromatic heterocycles. The van der Waals surface area contributed by atoms with E-state index in [1.165, 1.54) is 11.3 Å². The van der Waals surface area contributed by atoms with Gasteiger partial charge in [0.25, 0.3) is 0 Å². The second-order valence-corrected chi connectivity index (χ2v) is 8.59. The Balaban J connectivity index is 1.57. The number of hydrogen-bond donors (Lipinski definition) is 0. The van der Waals surface area contributed by atoms with Gasteiger partial charge >= 0.3 is 0 Å². The van der Waals surface area contributed by atoms with Crippen LogP contribution in [0, 0.1) is 0 Å². The van der Waals surface area contributed by atoms with Crippen LogP contribution >= 0.6 is 0 Å². The summed E-state index contributed by atoms with van der Waals surface area (Å²) in [4.78, 5) is 16.5. The predicted octanol–water partition coefficient (Wildman–Crippen LogP) is 3.90. The topological polar surface area (TPSA) is 60.4 Å². The maximum Gasteiger partial charge on any atom is 0.218 e. The van der Waals surface area contributed by atoms with Gasteiger partial charge in [-0.1, -0.05) is 20.8 Å². The van der Waals surface area contributed by atoms with E-state index in [0.717, 1.165) is 54.1 Å². The first-order valence-corrected chi connectivity index (χ1v) is 9.96. The predicted molar refractivity (Wildman–Crippen MR) is 113 cm³/mol. The lowest BCUT2D eigenvalue weighted by molar-refractivity contribution is 0.237. The van der Waals surface area contributed by atoms with Crippen LogP contribution in [0.2, 0.25) is 0 Å². The lowest BCUT2D eigenvalue weighted by atomic mass is 9.95. The zero-order valence-corrected chi connectivity index (χ0v) is 17.8. The van der Waals surface area contributed by atoms with Crippen LogP contribution in [0.25, 0.3) is 10.9 Å². The van der Waals surface area contributed by atoms with E-state index in [-0.39, 0.29) is 5.41 Å². The summed E-state index contributed by atoms with van der Waals surface area (Å²) in [7, 11) is 3.33. The summed E-state index contributed by atoms with van der Waals surface area (Å²) in [6.07, 6.45) is 2.93. The molecule has 0 amide bonds. The standard InChI is InChI=1S/C23H28N4O2/c1-23(2,3)22-24-12-17-14-27(9-8-19(17)26-22)13-16-10-15-6-7-18(28-4)11-20(15)25-21(16)29-5/h6-7,10-12H,8-9,13-14H2,1-5H3. The summed E-state index contributed by atoms with van der Waals surface area (Å²) >= 11 is 0. The average molecular weight is 393 g/mol. The number of pyridine rings is 1. The Morgan fingerprint density at radius 1 is 1.07 bits per heavy atom. The van der Waals surface area contributed by atoms with Crippen LogP contribution in [0.4, 0.5) is 0 Å². The molecule has 29 heavy (non-hydrogen) atoms. The van der Waals surface area contributed by atoms with E-state index in [2.05, 4.69) is 36.7 Å². The number of fused-ring (bicyclic) bond motifs is 2. The number of nitrogens with zero attached hydrogens (tertiary/aromatic N) is 4. The van der Waals surface area contributed by atoms with Crippen molar-refractivity contribution in [1.29, 1.82) is 0 Å². The molecule has 1 aliphatic rings. The Bertz CT molecular complexity index is 1040. The molecule has 3 heterocycles. The van der Waals surface area contributed by atoms with Crippen molar-refractivity contribution in [2.45, 2.75) is 45.7 Å². The van der Waals surface area contributed by atoms with Gasteiger partial charge in [0.1, 0.15) is 11.6 Å². The Morgan fingerprint density at radius 3 is 2.62 bits per heavy atom. The third-order valence-corrected chi connectivity index (χ3v) is 5.34. The summed E-state index contributed by atoms with van der Waals surface area (Å²) in [6, 6.07) is 8.09. The van der Waals surface area contributed by atoms with Crippen molar-refractivity contribution in [2.24, 2.45) is 0 Å². The van der Waals surface area contributed by atoms with Gasteiger partial charge in [-0.05, 0) is 18.2 Å². The molecule has 6 nitrogen and oxygen atoms in total. The fourth-order valence-corrected chi connectivity index (χ4v) is 3.70. The first-order chi connectivity index (χ1) is 13.9. The maximum absolute atomic E-state index is 5.59. The van der Waals surface area contributed by atoms with Crippen LogP contribution < -0.4 is 9.47 Å². The number of rotatable bonds is 4. The first-order valence-electron chi connectivity index (χ1n) is 9.96. The molecule has 0 radical (unpaired) electrons. The van der Waals surface area contributed by atoms with E-state index in [4.69, 9.17) is 19.4 Å². The lowest BCUT2D eigenvalue weighted by Gasteiger charge is -2.29. The SMILES string of the molecule is COc1ccc2cc(CN3CCc4nc(C(C)(C)C)ncc4C3)c(OC)nc2c1. The quantitative estimate of drug-likeness (QED) is 0.671. The van der Waals surface area contributed by atoms with Crippen LogP contribution in [-0.2, 0) is 24.9 Å². The number of hydrogen-bond acceptors (Lipinski definition) is 6. The van der Waals surface area contributed by atoms with E-state index in [1.807, 2.05) is 24.4 Å². The summed E-state index contributed by atoms with van der Waals surface area (Å²) in [5.41, 5.74) is 4.32. The van der Waals surface area contributed by atoms with Gasteiger partial charge in [-0.2, -0.15) is 0 Å². The monoisotopic (exact) mass is 392 g/mol. The van der Waals surface area contributed by atoms with E-state index < -0.39 is 0 Å².